The number of benzene rings is 1. The molecule has 0 spiro atoms. The van der Waals surface area contributed by atoms with E-state index in [9.17, 15) is 0 Å². The van der Waals surface area contributed by atoms with Crippen LogP contribution in [0.4, 0.5) is 5.69 Å². The largest absolute Gasteiger partial charge is 0.381 e. The Balaban J connectivity index is 2.15. The molecule has 0 aliphatic carbocycles. The zero-order valence-corrected chi connectivity index (χ0v) is 10.9. The molecule has 2 N–H and O–H groups in total. The van der Waals surface area contributed by atoms with E-state index < -0.39 is 0 Å². The Hall–Kier alpha value is -1.77. The number of aryl methyl sites for hydroxylation is 3. The maximum Gasteiger partial charge on any atom is 0.0643 e. The molecule has 0 radical (unpaired) electrons. The van der Waals surface area contributed by atoms with Gasteiger partial charge in [0, 0.05) is 23.5 Å². The van der Waals surface area contributed by atoms with Gasteiger partial charge in [-0.1, -0.05) is 12.1 Å². The number of anilines is 1. The molecular formula is C14H19N3. The lowest BCUT2D eigenvalue weighted by Gasteiger charge is -2.11. The summed E-state index contributed by atoms with van der Waals surface area (Å²) in [6.07, 6.45) is 0. The van der Waals surface area contributed by atoms with Crippen molar-refractivity contribution in [1.29, 1.82) is 0 Å². The van der Waals surface area contributed by atoms with Crippen molar-refractivity contribution in [3.05, 3.63) is 46.3 Å². The molecule has 0 atom stereocenters. The summed E-state index contributed by atoms with van der Waals surface area (Å²) in [5.41, 5.74) is 7.29. The minimum atomic E-state index is 0.818. The Morgan fingerprint density at radius 1 is 1.18 bits per heavy atom. The predicted octanol–water partition coefficient (Wildman–Crippen LogP) is 3.26. The van der Waals surface area contributed by atoms with Crippen LogP contribution in [0.3, 0.4) is 0 Å². The second kappa shape index (κ2) is 4.62. The molecule has 90 valence electrons. The van der Waals surface area contributed by atoms with E-state index >= 15 is 0 Å². The number of nitrogens with zero attached hydrogens (tertiary/aromatic N) is 1. The number of hydrogen-bond acceptors (Lipinski definition) is 2. The molecule has 0 bridgehead atoms. The van der Waals surface area contributed by atoms with Crippen LogP contribution >= 0.6 is 0 Å². The third kappa shape index (κ3) is 2.33. The van der Waals surface area contributed by atoms with E-state index in [2.05, 4.69) is 54.5 Å². The normalized spacial score (nSPS) is 10.6. The summed E-state index contributed by atoms with van der Waals surface area (Å²) < 4.78 is 0. The van der Waals surface area contributed by atoms with Gasteiger partial charge in [-0.3, -0.25) is 5.10 Å². The maximum atomic E-state index is 4.20. The van der Waals surface area contributed by atoms with Gasteiger partial charge in [-0.25, -0.2) is 0 Å². The lowest BCUT2D eigenvalue weighted by Crippen LogP contribution is -2.03. The molecule has 2 rings (SSSR count). The van der Waals surface area contributed by atoms with Crippen LogP contribution in [0.5, 0.6) is 0 Å². The molecule has 0 saturated carbocycles. The zero-order chi connectivity index (χ0) is 12.4. The van der Waals surface area contributed by atoms with Crippen molar-refractivity contribution in [2.24, 2.45) is 0 Å². The Morgan fingerprint density at radius 2 is 1.94 bits per heavy atom. The van der Waals surface area contributed by atoms with Gasteiger partial charge in [0.2, 0.25) is 0 Å². The van der Waals surface area contributed by atoms with Gasteiger partial charge in [-0.15, -0.1) is 0 Å². The molecule has 2 aromatic rings. The second-order valence-corrected chi connectivity index (χ2v) is 4.51. The van der Waals surface area contributed by atoms with Gasteiger partial charge in [0.05, 0.1) is 5.69 Å². The standard InChI is InChI=1S/C14H19N3/c1-9-6-5-7-14(10(9)2)15-8-13-11(3)16-17-12(13)4/h5-7,15H,8H2,1-4H3,(H,16,17). The summed E-state index contributed by atoms with van der Waals surface area (Å²) in [6.45, 7) is 9.18. The fraction of sp³-hybridized carbons (Fsp3) is 0.357. The molecule has 0 amide bonds. The van der Waals surface area contributed by atoms with E-state index in [1.165, 1.54) is 22.4 Å². The van der Waals surface area contributed by atoms with Crippen LogP contribution in [0.1, 0.15) is 28.1 Å². The number of rotatable bonds is 3. The van der Waals surface area contributed by atoms with Crippen molar-refractivity contribution in [1.82, 2.24) is 10.2 Å². The molecule has 0 aliphatic rings. The highest BCUT2D eigenvalue weighted by atomic mass is 15.1. The Bertz CT molecular complexity index is 507. The quantitative estimate of drug-likeness (QED) is 0.848. The van der Waals surface area contributed by atoms with Crippen LogP contribution in [0.25, 0.3) is 0 Å². The van der Waals surface area contributed by atoms with Gasteiger partial charge in [0.1, 0.15) is 0 Å². The first-order valence-corrected chi connectivity index (χ1v) is 5.90. The van der Waals surface area contributed by atoms with Gasteiger partial charge >= 0.3 is 0 Å². The van der Waals surface area contributed by atoms with Crippen molar-refractivity contribution in [2.45, 2.75) is 34.2 Å². The highest BCUT2D eigenvalue weighted by Crippen LogP contribution is 2.19. The smallest absolute Gasteiger partial charge is 0.0643 e. The molecular weight excluding hydrogens is 210 g/mol. The molecule has 0 unspecified atom stereocenters. The van der Waals surface area contributed by atoms with Crippen molar-refractivity contribution < 1.29 is 0 Å². The van der Waals surface area contributed by atoms with E-state index in [0.717, 1.165) is 17.9 Å². The van der Waals surface area contributed by atoms with Gasteiger partial charge in [0.25, 0.3) is 0 Å². The first kappa shape index (κ1) is 11.7. The SMILES string of the molecule is Cc1cccc(NCc2c(C)n[nH]c2C)c1C. The van der Waals surface area contributed by atoms with Gasteiger partial charge in [0.15, 0.2) is 0 Å². The minimum Gasteiger partial charge on any atom is -0.381 e. The number of hydrogen-bond donors (Lipinski definition) is 2. The van der Waals surface area contributed by atoms with Crippen LogP contribution in [0, 0.1) is 27.7 Å². The van der Waals surface area contributed by atoms with E-state index in [4.69, 9.17) is 0 Å². The lowest BCUT2D eigenvalue weighted by atomic mass is 10.1. The van der Waals surface area contributed by atoms with E-state index in [-0.39, 0.29) is 0 Å². The summed E-state index contributed by atoms with van der Waals surface area (Å²) >= 11 is 0. The number of nitrogens with one attached hydrogen (secondary N) is 2. The molecule has 3 nitrogen and oxygen atoms in total. The van der Waals surface area contributed by atoms with Gasteiger partial charge in [-0.2, -0.15) is 5.10 Å². The molecule has 1 heterocycles. The van der Waals surface area contributed by atoms with Crippen LogP contribution in [-0.2, 0) is 6.54 Å². The van der Waals surface area contributed by atoms with Crippen LogP contribution in [0.15, 0.2) is 18.2 Å². The van der Waals surface area contributed by atoms with Crippen molar-refractivity contribution in [3.63, 3.8) is 0 Å². The Kier molecular flexibility index (Phi) is 3.18. The fourth-order valence-electron chi connectivity index (χ4n) is 1.96. The highest BCUT2D eigenvalue weighted by molar-refractivity contribution is 5.54. The first-order valence-electron chi connectivity index (χ1n) is 5.90. The number of aromatic amines is 1. The Morgan fingerprint density at radius 3 is 2.59 bits per heavy atom. The average molecular weight is 229 g/mol. The monoisotopic (exact) mass is 229 g/mol. The topological polar surface area (TPSA) is 40.7 Å². The van der Waals surface area contributed by atoms with Crippen LogP contribution < -0.4 is 5.32 Å². The lowest BCUT2D eigenvalue weighted by molar-refractivity contribution is 1.02. The average Bonchev–Trinajstić information content (AvgIpc) is 2.62. The maximum absolute atomic E-state index is 4.20. The van der Waals surface area contributed by atoms with E-state index in [0.29, 0.717) is 0 Å². The molecule has 3 heteroatoms. The summed E-state index contributed by atoms with van der Waals surface area (Å²) in [7, 11) is 0. The Labute approximate surface area is 102 Å². The van der Waals surface area contributed by atoms with Crippen molar-refractivity contribution >= 4 is 5.69 Å². The summed E-state index contributed by atoms with van der Waals surface area (Å²) in [5.74, 6) is 0. The van der Waals surface area contributed by atoms with Gasteiger partial charge in [-0.05, 0) is 44.9 Å². The number of H-pyrrole nitrogens is 1. The third-order valence-electron chi connectivity index (χ3n) is 3.34. The van der Waals surface area contributed by atoms with Gasteiger partial charge < -0.3 is 5.32 Å². The number of aromatic nitrogens is 2. The molecule has 17 heavy (non-hydrogen) atoms. The zero-order valence-electron chi connectivity index (χ0n) is 10.9. The predicted molar refractivity (Wildman–Crippen MR) is 71.3 cm³/mol. The second-order valence-electron chi connectivity index (χ2n) is 4.51. The minimum absolute atomic E-state index is 0.818. The summed E-state index contributed by atoms with van der Waals surface area (Å²) in [4.78, 5) is 0. The summed E-state index contributed by atoms with van der Waals surface area (Å²) in [5, 5.41) is 10.7. The van der Waals surface area contributed by atoms with Crippen LogP contribution in [0.2, 0.25) is 0 Å². The third-order valence-corrected chi connectivity index (χ3v) is 3.34. The van der Waals surface area contributed by atoms with E-state index in [1.54, 1.807) is 0 Å². The summed E-state index contributed by atoms with van der Waals surface area (Å²) in [6, 6.07) is 6.34. The first-order chi connectivity index (χ1) is 8.09. The fourth-order valence-corrected chi connectivity index (χ4v) is 1.96. The van der Waals surface area contributed by atoms with Crippen molar-refractivity contribution in [2.75, 3.05) is 5.32 Å². The molecule has 0 aliphatic heterocycles. The van der Waals surface area contributed by atoms with E-state index in [1.807, 2.05) is 6.92 Å². The molecule has 1 aromatic heterocycles. The molecule has 0 fully saturated rings. The van der Waals surface area contributed by atoms with Crippen LogP contribution in [-0.4, -0.2) is 10.2 Å². The highest BCUT2D eigenvalue weighted by Gasteiger charge is 2.06. The molecule has 1 aromatic carbocycles. The molecule has 0 saturated heterocycles. The van der Waals surface area contributed by atoms with Crippen molar-refractivity contribution in [3.8, 4) is 0 Å².